The Hall–Kier alpha value is -6.13. The number of anilines is 2. The van der Waals surface area contributed by atoms with E-state index in [-0.39, 0.29) is 23.3 Å². The van der Waals surface area contributed by atoms with Crippen molar-refractivity contribution in [1.29, 1.82) is 0 Å². The van der Waals surface area contributed by atoms with Crippen molar-refractivity contribution < 1.29 is 38.9 Å². The number of hydrogen-bond acceptors (Lipinski definition) is 7. The van der Waals surface area contributed by atoms with Gasteiger partial charge in [0.05, 0.1) is 22.4 Å². The number of rotatable bonds is 12. The lowest BCUT2D eigenvalue weighted by molar-refractivity contribution is 0.0682. The number of nitrogens with one attached hydrogen (secondary N) is 2. The average molecular weight is 591 g/mol. The molecule has 5 aromatic rings. The molecule has 5 rings (SSSR count). The van der Waals surface area contributed by atoms with Crippen molar-refractivity contribution in [3.63, 3.8) is 0 Å². The summed E-state index contributed by atoms with van der Waals surface area (Å²) in [6.45, 7) is 0.0756. The largest absolute Gasteiger partial charge is 0.478 e. The Labute approximate surface area is 252 Å². The van der Waals surface area contributed by atoms with E-state index in [1.165, 1.54) is 18.2 Å². The molecular formula is C34H26N2O8. The molecule has 0 unspecified atom stereocenters. The Morgan fingerprint density at radius 3 is 1.66 bits per heavy atom. The number of aromatic carboxylic acids is 2. The van der Waals surface area contributed by atoms with E-state index in [4.69, 9.17) is 14.3 Å². The van der Waals surface area contributed by atoms with Gasteiger partial charge in [-0.15, -0.1) is 0 Å². The maximum absolute atomic E-state index is 12.6. The van der Waals surface area contributed by atoms with Crippen LogP contribution in [0.4, 0.5) is 11.4 Å². The van der Waals surface area contributed by atoms with Gasteiger partial charge < -0.3 is 25.0 Å². The highest BCUT2D eigenvalue weighted by atomic mass is 16.6. The van der Waals surface area contributed by atoms with E-state index < -0.39 is 17.8 Å². The molecule has 0 aliphatic heterocycles. The summed E-state index contributed by atoms with van der Waals surface area (Å²) >= 11 is 0. The van der Waals surface area contributed by atoms with Gasteiger partial charge in [-0.25, -0.2) is 9.59 Å². The molecule has 220 valence electrons. The molecule has 0 aliphatic rings. The average Bonchev–Trinajstić information content (AvgIpc) is 3.03. The smallest absolute Gasteiger partial charge is 0.336 e. The van der Waals surface area contributed by atoms with Crippen LogP contribution in [0.15, 0.2) is 121 Å². The molecule has 0 radical (unpaired) electrons. The van der Waals surface area contributed by atoms with Crippen LogP contribution in [0.1, 0.15) is 36.6 Å². The summed E-state index contributed by atoms with van der Waals surface area (Å²) in [6.07, 6.45) is 0. The Kier molecular flexibility index (Phi) is 9.14. The summed E-state index contributed by atoms with van der Waals surface area (Å²) in [4.78, 5) is 40.8. The van der Waals surface area contributed by atoms with Crippen LogP contribution in [0.2, 0.25) is 0 Å². The molecule has 0 saturated carbocycles. The normalized spacial score (nSPS) is 10.5. The lowest BCUT2D eigenvalue weighted by Crippen LogP contribution is -2.16. The summed E-state index contributed by atoms with van der Waals surface area (Å²) in [5, 5.41) is 21.3. The molecule has 1 amide bonds. The molecule has 0 bridgehead atoms. The molecular weight excluding hydrogens is 564 g/mol. The summed E-state index contributed by atoms with van der Waals surface area (Å²) < 4.78 is 11.9. The zero-order valence-electron chi connectivity index (χ0n) is 23.1. The van der Waals surface area contributed by atoms with Crippen molar-refractivity contribution in [1.82, 2.24) is 0 Å². The van der Waals surface area contributed by atoms with Crippen molar-refractivity contribution in [2.75, 3.05) is 10.8 Å². The Balaban J connectivity index is 1.14. The van der Waals surface area contributed by atoms with Crippen molar-refractivity contribution in [2.45, 2.75) is 6.61 Å². The van der Waals surface area contributed by atoms with Gasteiger partial charge in [-0.1, -0.05) is 36.4 Å². The van der Waals surface area contributed by atoms with Gasteiger partial charge in [-0.05, 0) is 84.4 Å². The zero-order valence-corrected chi connectivity index (χ0v) is 23.1. The molecule has 10 heteroatoms. The van der Waals surface area contributed by atoms with Gasteiger partial charge >= 0.3 is 11.9 Å². The number of carbonyl (C=O) groups is 3. The number of hydrogen-bond donors (Lipinski definition) is 4. The molecule has 0 aliphatic carbocycles. The molecule has 10 nitrogen and oxygen atoms in total. The lowest BCUT2D eigenvalue weighted by Gasteiger charge is -2.12. The lowest BCUT2D eigenvalue weighted by atomic mass is 10.1. The summed E-state index contributed by atoms with van der Waals surface area (Å²) in [5.41, 5.74) is 4.67. The van der Waals surface area contributed by atoms with Crippen LogP contribution in [0.25, 0.3) is 0 Å². The van der Waals surface area contributed by atoms with Crippen LogP contribution in [0, 0.1) is 0 Å². The van der Waals surface area contributed by atoms with Crippen LogP contribution >= 0.6 is 0 Å². The first-order valence-electron chi connectivity index (χ1n) is 13.3. The molecule has 0 heterocycles. The summed E-state index contributed by atoms with van der Waals surface area (Å²) in [6, 6.07) is 33.4. The minimum Gasteiger partial charge on any atom is -0.478 e. The molecule has 5 aromatic carbocycles. The third kappa shape index (κ3) is 7.58. The Morgan fingerprint density at radius 1 is 0.545 bits per heavy atom. The fourth-order valence-corrected chi connectivity index (χ4v) is 4.19. The van der Waals surface area contributed by atoms with Crippen LogP contribution in [0.3, 0.4) is 0 Å². The third-order valence-corrected chi connectivity index (χ3v) is 6.31. The van der Waals surface area contributed by atoms with Crippen LogP contribution in [0.5, 0.6) is 23.0 Å². The van der Waals surface area contributed by atoms with Crippen molar-refractivity contribution in [3.8, 4) is 23.0 Å². The van der Waals surface area contributed by atoms with Gasteiger partial charge in [-0.2, -0.15) is 0 Å². The second-order valence-electron chi connectivity index (χ2n) is 9.39. The molecule has 0 spiro atoms. The van der Waals surface area contributed by atoms with Crippen LogP contribution < -0.4 is 20.3 Å². The fraction of sp³-hybridized carbons (Fsp3) is 0.0294. The maximum atomic E-state index is 12.6. The van der Waals surface area contributed by atoms with Crippen molar-refractivity contribution in [3.05, 3.63) is 144 Å². The number of carbonyl (C=O) groups excluding carboxylic acids is 1. The first kappa shape index (κ1) is 29.4. The highest BCUT2D eigenvalue weighted by Crippen LogP contribution is 2.29. The van der Waals surface area contributed by atoms with Gasteiger partial charge in [0.25, 0.3) is 5.91 Å². The molecule has 4 N–H and O–H groups in total. The monoisotopic (exact) mass is 590 g/mol. The highest BCUT2D eigenvalue weighted by molar-refractivity contribution is 6.10. The maximum Gasteiger partial charge on any atom is 0.336 e. The van der Waals surface area contributed by atoms with Gasteiger partial charge in [0.15, 0.2) is 0 Å². The van der Waals surface area contributed by atoms with Crippen LogP contribution in [-0.2, 0) is 11.4 Å². The molecule has 0 saturated heterocycles. The quantitative estimate of drug-likeness (QED) is 0.109. The van der Waals surface area contributed by atoms with E-state index in [1.807, 2.05) is 0 Å². The summed E-state index contributed by atoms with van der Waals surface area (Å²) in [5.74, 6) is -0.543. The highest BCUT2D eigenvalue weighted by Gasteiger charge is 2.16. The predicted molar refractivity (Wildman–Crippen MR) is 163 cm³/mol. The molecule has 0 fully saturated rings. The van der Waals surface area contributed by atoms with Gasteiger partial charge in [0, 0.05) is 11.8 Å². The first-order chi connectivity index (χ1) is 21.4. The number of amides is 1. The number of benzene rings is 5. The van der Waals surface area contributed by atoms with Crippen LogP contribution in [-0.4, -0.2) is 28.1 Å². The van der Waals surface area contributed by atoms with E-state index in [9.17, 15) is 24.6 Å². The first-order valence-corrected chi connectivity index (χ1v) is 13.3. The van der Waals surface area contributed by atoms with E-state index >= 15 is 0 Å². The Bertz CT molecular complexity index is 1790. The fourth-order valence-electron chi connectivity index (χ4n) is 4.19. The molecule has 0 aromatic heterocycles. The molecule has 0 atom stereocenters. The number of carboxylic acids is 2. The van der Waals surface area contributed by atoms with Crippen molar-refractivity contribution >= 4 is 29.2 Å². The van der Waals surface area contributed by atoms with Gasteiger partial charge in [0.2, 0.25) is 0 Å². The number of ether oxygens (including phenoxy) is 2. The van der Waals surface area contributed by atoms with E-state index in [1.54, 1.807) is 103 Å². The topological polar surface area (TPSA) is 143 Å². The SMILES string of the molecule is O=C(O)c1ccccc1CONc1ccc(Oc2cccc(Oc3ccc(NC(=O)c4ccccc4C(=O)O)cc3)c2)cc1. The van der Waals surface area contributed by atoms with Crippen molar-refractivity contribution in [2.24, 2.45) is 0 Å². The van der Waals surface area contributed by atoms with E-state index in [0.717, 1.165) is 0 Å². The minimum absolute atomic E-state index is 0.0653. The standard InChI is InChI=1S/C34H26N2O8/c37-32(30-10-3-4-11-31(30)34(40)41)35-23-12-16-25(17-13-23)43-27-7-5-8-28(20-27)44-26-18-14-24(15-19-26)36-42-21-22-6-1-2-9-29(22)33(38)39/h1-20,36H,21H2,(H,35,37)(H,38,39)(H,40,41). The zero-order chi connectivity index (χ0) is 30.9. The minimum atomic E-state index is -1.18. The third-order valence-electron chi connectivity index (χ3n) is 6.31. The second kappa shape index (κ2) is 13.7. The van der Waals surface area contributed by atoms with Gasteiger partial charge in [-0.3, -0.25) is 15.1 Å². The summed E-state index contributed by atoms with van der Waals surface area (Å²) in [7, 11) is 0. The second-order valence-corrected chi connectivity index (χ2v) is 9.39. The predicted octanol–water partition coefficient (Wildman–Crippen LogP) is 7.46. The molecule has 44 heavy (non-hydrogen) atoms. The van der Waals surface area contributed by atoms with E-state index in [0.29, 0.717) is 39.9 Å². The van der Waals surface area contributed by atoms with E-state index in [2.05, 4.69) is 10.8 Å². The Morgan fingerprint density at radius 2 is 1.07 bits per heavy atom. The van der Waals surface area contributed by atoms with Gasteiger partial charge in [0.1, 0.15) is 29.6 Å². The number of carboxylic acid groups (broad SMARTS) is 2.